The van der Waals surface area contributed by atoms with Gasteiger partial charge in [0.1, 0.15) is 17.3 Å². The van der Waals surface area contributed by atoms with E-state index < -0.39 is 0 Å². The molecule has 0 amide bonds. The summed E-state index contributed by atoms with van der Waals surface area (Å²) in [5.41, 5.74) is 1.17. The van der Waals surface area contributed by atoms with E-state index in [2.05, 4.69) is 11.4 Å². The van der Waals surface area contributed by atoms with Crippen LogP contribution in [0, 0.1) is 13.8 Å². The lowest BCUT2D eigenvalue weighted by Crippen LogP contribution is -2.17. The average molecular weight is 251 g/mol. The van der Waals surface area contributed by atoms with E-state index >= 15 is 0 Å². The minimum absolute atomic E-state index is 0.127. The summed E-state index contributed by atoms with van der Waals surface area (Å²) >= 11 is 1.69. The van der Waals surface area contributed by atoms with Crippen LogP contribution in [0.1, 0.15) is 28.0 Å². The van der Waals surface area contributed by atoms with Gasteiger partial charge in [-0.2, -0.15) is 0 Å². The number of hydrogen-bond acceptors (Lipinski definition) is 4. The van der Waals surface area contributed by atoms with Gasteiger partial charge in [0.2, 0.25) is 0 Å². The molecule has 0 fully saturated rings. The monoisotopic (exact) mass is 251 g/mol. The van der Waals surface area contributed by atoms with Gasteiger partial charge in [0.15, 0.2) is 0 Å². The first-order valence-electron chi connectivity index (χ1n) is 5.53. The zero-order valence-corrected chi connectivity index (χ0v) is 11.4. The Morgan fingerprint density at radius 1 is 1.41 bits per heavy atom. The Bertz CT molecular complexity index is 501. The topological polar surface area (TPSA) is 34.4 Å². The molecule has 2 aromatic heterocycles. The van der Waals surface area contributed by atoms with Crippen LogP contribution in [-0.4, -0.2) is 14.2 Å². The Balaban J connectivity index is 2.43. The largest absolute Gasteiger partial charge is 0.496 e. The summed E-state index contributed by atoms with van der Waals surface area (Å²) in [6, 6.07) is 4.20. The van der Waals surface area contributed by atoms with Gasteiger partial charge in [-0.1, -0.05) is 0 Å². The molecule has 1 N–H and O–H groups in total. The van der Waals surface area contributed by atoms with E-state index in [-0.39, 0.29) is 6.04 Å². The van der Waals surface area contributed by atoms with Gasteiger partial charge >= 0.3 is 0 Å². The molecule has 1 unspecified atom stereocenters. The van der Waals surface area contributed by atoms with Gasteiger partial charge in [-0.05, 0) is 38.4 Å². The van der Waals surface area contributed by atoms with Crippen LogP contribution in [0.25, 0.3) is 0 Å². The normalized spacial score (nSPS) is 12.7. The van der Waals surface area contributed by atoms with Crippen molar-refractivity contribution in [3.63, 3.8) is 0 Å². The molecule has 0 spiro atoms. The highest BCUT2D eigenvalue weighted by atomic mass is 32.1. The minimum atomic E-state index is 0.127. The molecule has 92 valence electrons. The summed E-state index contributed by atoms with van der Waals surface area (Å²) in [6.07, 6.45) is 0. The van der Waals surface area contributed by atoms with Gasteiger partial charge < -0.3 is 14.5 Å². The maximum Gasteiger partial charge on any atom is 0.134 e. The van der Waals surface area contributed by atoms with Crippen LogP contribution in [0.3, 0.4) is 0 Å². The molecule has 3 nitrogen and oxygen atoms in total. The average Bonchev–Trinajstić information content (AvgIpc) is 2.88. The van der Waals surface area contributed by atoms with Gasteiger partial charge in [0.05, 0.1) is 18.0 Å². The predicted octanol–water partition coefficient (Wildman–Crippen LogP) is 3.28. The minimum Gasteiger partial charge on any atom is -0.496 e. The number of methoxy groups -OCH3 is 1. The second-order valence-electron chi connectivity index (χ2n) is 3.94. The van der Waals surface area contributed by atoms with Gasteiger partial charge in [0.25, 0.3) is 0 Å². The molecule has 1 atom stereocenters. The maximum absolute atomic E-state index is 5.59. The number of furan rings is 1. The number of ether oxygens (including phenoxy) is 1. The molecule has 4 heteroatoms. The van der Waals surface area contributed by atoms with Gasteiger partial charge in [-0.25, -0.2) is 0 Å². The summed E-state index contributed by atoms with van der Waals surface area (Å²) in [5, 5.41) is 5.36. The van der Waals surface area contributed by atoms with E-state index in [1.54, 1.807) is 18.4 Å². The highest BCUT2D eigenvalue weighted by Crippen LogP contribution is 2.36. The fourth-order valence-corrected chi connectivity index (χ4v) is 3.04. The molecule has 0 radical (unpaired) electrons. The van der Waals surface area contributed by atoms with E-state index in [9.17, 15) is 0 Å². The third-order valence-corrected chi connectivity index (χ3v) is 3.78. The summed E-state index contributed by atoms with van der Waals surface area (Å²) in [5.74, 6) is 2.82. The molecule has 0 aromatic carbocycles. The first-order chi connectivity index (χ1) is 8.17. The number of hydrogen-bond donors (Lipinski definition) is 1. The predicted molar refractivity (Wildman–Crippen MR) is 70.0 cm³/mol. The van der Waals surface area contributed by atoms with Crippen molar-refractivity contribution in [2.45, 2.75) is 19.9 Å². The van der Waals surface area contributed by atoms with Crippen molar-refractivity contribution in [3.05, 3.63) is 39.5 Å². The smallest absolute Gasteiger partial charge is 0.134 e. The molecule has 0 aliphatic rings. The second kappa shape index (κ2) is 4.94. The SMILES string of the molecule is CNC(c1cc(C)oc1C)c1sccc1OC. The Labute approximate surface area is 105 Å². The van der Waals surface area contributed by atoms with E-state index in [0.29, 0.717) is 0 Å². The Morgan fingerprint density at radius 3 is 2.71 bits per heavy atom. The molecule has 0 bridgehead atoms. The lowest BCUT2D eigenvalue weighted by Gasteiger charge is -2.15. The van der Waals surface area contributed by atoms with Gasteiger partial charge in [0, 0.05) is 5.56 Å². The van der Waals surface area contributed by atoms with Crippen LogP contribution in [0.4, 0.5) is 0 Å². The summed E-state index contributed by atoms with van der Waals surface area (Å²) < 4.78 is 11.0. The summed E-state index contributed by atoms with van der Waals surface area (Å²) in [4.78, 5) is 1.18. The molecule has 2 aromatic rings. The quantitative estimate of drug-likeness (QED) is 0.905. The van der Waals surface area contributed by atoms with E-state index in [0.717, 1.165) is 17.3 Å². The Hall–Kier alpha value is -1.26. The van der Waals surface area contributed by atoms with E-state index in [1.165, 1.54) is 10.4 Å². The van der Waals surface area contributed by atoms with Gasteiger partial charge in [-0.3, -0.25) is 0 Å². The lowest BCUT2D eigenvalue weighted by atomic mass is 10.1. The molecule has 0 aliphatic carbocycles. The molecule has 17 heavy (non-hydrogen) atoms. The standard InChI is InChI=1S/C13H17NO2S/c1-8-7-10(9(2)16-8)12(14-3)13-11(15-4)5-6-17-13/h5-7,12,14H,1-4H3. The molecule has 2 heterocycles. The third kappa shape index (κ3) is 2.23. The van der Waals surface area contributed by atoms with Crippen LogP contribution in [0.15, 0.2) is 21.9 Å². The van der Waals surface area contributed by atoms with E-state index in [4.69, 9.17) is 9.15 Å². The van der Waals surface area contributed by atoms with Crippen molar-refractivity contribution >= 4 is 11.3 Å². The maximum atomic E-state index is 5.59. The van der Waals surface area contributed by atoms with Crippen molar-refractivity contribution in [2.24, 2.45) is 0 Å². The zero-order chi connectivity index (χ0) is 12.4. The highest BCUT2D eigenvalue weighted by molar-refractivity contribution is 7.10. The first kappa shape index (κ1) is 12.2. The molecule has 0 saturated carbocycles. The van der Waals surface area contributed by atoms with Crippen LogP contribution in [-0.2, 0) is 0 Å². The first-order valence-corrected chi connectivity index (χ1v) is 6.41. The van der Waals surface area contributed by atoms with Crippen molar-refractivity contribution in [3.8, 4) is 5.75 Å². The molecular formula is C13H17NO2S. The van der Waals surface area contributed by atoms with Crippen molar-refractivity contribution in [1.82, 2.24) is 5.32 Å². The third-order valence-electron chi connectivity index (χ3n) is 2.82. The van der Waals surface area contributed by atoms with E-state index in [1.807, 2.05) is 32.3 Å². The Morgan fingerprint density at radius 2 is 2.18 bits per heavy atom. The number of aryl methyl sites for hydroxylation is 2. The number of thiophene rings is 1. The molecule has 0 saturated heterocycles. The van der Waals surface area contributed by atoms with Crippen LogP contribution < -0.4 is 10.1 Å². The van der Waals surface area contributed by atoms with Crippen molar-refractivity contribution in [1.29, 1.82) is 0 Å². The molecular weight excluding hydrogens is 234 g/mol. The summed E-state index contributed by atoms with van der Waals surface area (Å²) in [6.45, 7) is 3.96. The fourth-order valence-electron chi connectivity index (χ4n) is 2.05. The fraction of sp³-hybridized carbons (Fsp3) is 0.385. The van der Waals surface area contributed by atoms with Crippen LogP contribution >= 0.6 is 11.3 Å². The zero-order valence-electron chi connectivity index (χ0n) is 10.5. The van der Waals surface area contributed by atoms with Crippen LogP contribution in [0.2, 0.25) is 0 Å². The van der Waals surface area contributed by atoms with Crippen molar-refractivity contribution in [2.75, 3.05) is 14.2 Å². The second-order valence-corrected chi connectivity index (χ2v) is 4.89. The lowest BCUT2D eigenvalue weighted by molar-refractivity contribution is 0.408. The van der Waals surface area contributed by atoms with Crippen LogP contribution in [0.5, 0.6) is 5.75 Å². The highest BCUT2D eigenvalue weighted by Gasteiger charge is 2.21. The summed E-state index contributed by atoms with van der Waals surface area (Å²) in [7, 11) is 3.65. The molecule has 2 rings (SSSR count). The van der Waals surface area contributed by atoms with Crippen molar-refractivity contribution < 1.29 is 9.15 Å². The Kier molecular flexibility index (Phi) is 3.54. The van der Waals surface area contributed by atoms with Gasteiger partial charge in [-0.15, -0.1) is 11.3 Å². The molecule has 0 aliphatic heterocycles. The number of rotatable bonds is 4. The number of nitrogens with one attached hydrogen (secondary N) is 1.